The molecule has 0 spiro atoms. The first-order chi connectivity index (χ1) is 10.2. The Morgan fingerprint density at radius 2 is 2.14 bits per heavy atom. The number of anilines is 1. The van der Waals surface area contributed by atoms with E-state index >= 15 is 0 Å². The Bertz CT molecular complexity index is 768. The minimum absolute atomic E-state index is 0.0876. The molecule has 0 saturated carbocycles. The highest BCUT2D eigenvalue weighted by atomic mass is 35.5. The Hall–Kier alpha value is -2.71. The molecule has 3 rings (SSSR count). The van der Waals surface area contributed by atoms with Crippen LogP contribution in [0, 0.1) is 11.3 Å². The Morgan fingerprint density at radius 1 is 1.29 bits per heavy atom. The number of ether oxygens (including phenoxy) is 2. The number of nitrogens with zero attached hydrogens (tertiary/aromatic N) is 1. The zero-order valence-electron chi connectivity index (χ0n) is 10.7. The lowest BCUT2D eigenvalue weighted by molar-refractivity contribution is 0.102. The lowest BCUT2D eigenvalue weighted by atomic mass is 10.1. The molecule has 5 nitrogen and oxygen atoms in total. The number of fused-ring (bicyclic) bond motifs is 1. The molecule has 104 valence electrons. The van der Waals surface area contributed by atoms with Crippen LogP contribution in [0.3, 0.4) is 0 Å². The number of nitriles is 1. The van der Waals surface area contributed by atoms with Gasteiger partial charge in [-0.15, -0.1) is 0 Å². The van der Waals surface area contributed by atoms with E-state index in [2.05, 4.69) is 5.32 Å². The summed E-state index contributed by atoms with van der Waals surface area (Å²) in [4.78, 5) is 12.2. The molecule has 21 heavy (non-hydrogen) atoms. The van der Waals surface area contributed by atoms with Gasteiger partial charge in [-0.25, -0.2) is 0 Å². The average Bonchev–Trinajstić information content (AvgIpc) is 2.96. The highest BCUT2D eigenvalue weighted by molar-refractivity contribution is 6.32. The quantitative estimate of drug-likeness (QED) is 0.924. The minimum Gasteiger partial charge on any atom is -0.454 e. The van der Waals surface area contributed by atoms with E-state index in [9.17, 15) is 4.79 Å². The van der Waals surface area contributed by atoms with Crippen LogP contribution in [0.2, 0.25) is 5.02 Å². The maximum atomic E-state index is 12.2. The first-order valence-corrected chi connectivity index (χ1v) is 6.46. The van der Waals surface area contributed by atoms with Crippen LogP contribution in [-0.2, 0) is 0 Å². The Labute approximate surface area is 125 Å². The van der Waals surface area contributed by atoms with Crippen molar-refractivity contribution in [2.75, 3.05) is 12.1 Å². The predicted molar refractivity (Wildman–Crippen MR) is 76.7 cm³/mol. The van der Waals surface area contributed by atoms with Crippen molar-refractivity contribution in [3.63, 3.8) is 0 Å². The van der Waals surface area contributed by atoms with E-state index in [1.807, 2.05) is 6.07 Å². The fourth-order valence-electron chi connectivity index (χ4n) is 1.97. The molecule has 0 fully saturated rings. The van der Waals surface area contributed by atoms with Gasteiger partial charge in [-0.1, -0.05) is 17.7 Å². The van der Waals surface area contributed by atoms with Gasteiger partial charge in [0.15, 0.2) is 11.5 Å². The summed E-state index contributed by atoms with van der Waals surface area (Å²) in [5, 5.41) is 11.9. The topological polar surface area (TPSA) is 71.4 Å². The maximum Gasteiger partial charge on any atom is 0.255 e. The molecule has 0 aromatic heterocycles. The Balaban J connectivity index is 1.86. The van der Waals surface area contributed by atoms with Crippen LogP contribution in [0.25, 0.3) is 0 Å². The van der Waals surface area contributed by atoms with Crippen LogP contribution in [-0.4, -0.2) is 12.7 Å². The van der Waals surface area contributed by atoms with E-state index in [-0.39, 0.29) is 12.7 Å². The molecule has 0 aliphatic carbocycles. The summed E-state index contributed by atoms with van der Waals surface area (Å²) < 4.78 is 10.4. The molecule has 1 aliphatic heterocycles. The highest BCUT2D eigenvalue weighted by Gasteiger charge is 2.20. The van der Waals surface area contributed by atoms with Crippen molar-refractivity contribution in [3.8, 4) is 17.6 Å². The number of rotatable bonds is 2. The molecular weight excluding hydrogens is 292 g/mol. The van der Waals surface area contributed by atoms with Crippen molar-refractivity contribution in [3.05, 3.63) is 52.5 Å². The van der Waals surface area contributed by atoms with E-state index in [0.29, 0.717) is 33.3 Å². The molecular formula is C15H9ClN2O3. The lowest BCUT2D eigenvalue weighted by Gasteiger charge is -2.07. The highest BCUT2D eigenvalue weighted by Crippen LogP contribution is 2.39. The van der Waals surface area contributed by atoms with Crippen LogP contribution < -0.4 is 14.8 Å². The van der Waals surface area contributed by atoms with Crippen molar-refractivity contribution in [2.45, 2.75) is 0 Å². The van der Waals surface area contributed by atoms with Crippen LogP contribution >= 0.6 is 11.6 Å². The first-order valence-electron chi connectivity index (χ1n) is 6.08. The van der Waals surface area contributed by atoms with E-state index in [0.717, 1.165) is 0 Å². The molecule has 0 unspecified atom stereocenters. The molecule has 1 N–H and O–H groups in total. The molecule has 0 bridgehead atoms. The third kappa shape index (κ3) is 2.62. The number of hydrogen-bond acceptors (Lipinski definition) is 4. The van der Waals surface area contributed by atoms with Crippen molar-refractivity contribution in [1.82, 2.24) is 0 Å². The standard InChI is InChI=1S/C15H9ClN2O3/c16-12-5-10(6-13-14(12)21-8-20-13)15(19)18-11-3-1-2-9(4-11)7-17/h1-6H,8H2,(H,18,19). The van der Waals surface area contributed by atoms with E-state index in [1.54, 1.807) is 30.3 Å². The van der Waals surface area contributed by atoms with Gasteiger partial charge in [0, 0.05) is 11.3 Å². The smallest absolute Gasteiger partial charge is 0.255 e. The Morgan fingerprint density at radius 3 is 2.95 bits per heavy atom. The summed E-state index contributed by atoms with van der Waals surface area (Å²) in [6, 6.07) is 11.7. The normalized spacial score (nSPS) is 11.8. The fourth-order valence-corrected chi connectivity index (χ4v) is 2.23. The van der Waals surface area contributed by atoms with Gasteiger partial charge in [0.25, 0.3) is 5.91 Å². The largest absolute Gasteiger partial charge is 0.454 e. The number of benzene rings is 2. The first kappa shape index (κ1) is 13.3. The van der Waals surface area contributed by atoms with Gasteiger partial charge in [-0.3, -0.25) is 4.79 Å². The second-order valence-corrected chi connectivity index (χ2v) is 4.75. The van der Waals surface area contributed by atoms with Crippen molar-refractivity contribution < 1.29 is 14.3 Å². The van der Waals surface area contributed by atoms with Gasteiger partial charge < -0.3 is 14.8 Å². The summed E-state index contributed by atoms with van der Waals surface area (Å²) in [5.41, 5.74) is 1.36. The van der Waals surface area contributed by atoms with Gasteiger partial charge >= 0.3 is 0 Å². The van der Waals surface area contributed by atoms with Gasteiger partial charge in [0.05, 0.1) is 16.7 Å². The second-order valence-electron chi connectivity index (χ2n) is 4.34. The van der Waals surface area contributed by atoms with E-state index in [4.69, 9.17) is 26.3 Å². The van der Waals surface area contributed by atoms with Crippen LogP contribution in [0.1, 0.15) is 15.9 Å². The van der Waals surface area contributed by atoms with Gasteiger partial charge in [-0.2, -0.15) is 5.26 Å². The number of nitrogens with one attached hydrogen (secondary N) is 1. The van der Waals surface area contributed by atoms with Gasteiger partial charge in [-0.05, 0) is 30.3 Å². The van der Waals surface area contributed by atoms with Crippen molar-refractivity contribution >= 4 is 23.2 Å². The summed E-state index contributed by atoms with van der Waals surface area (Å²) in [5.74, 6) is 0.545. The average molecular weight is 301 g/mol. The molecule has 2 aromatic carbocycles. The third-order valence-electron chi connectivity index (χ3n) is 2.94. The molecule has 2 aromatic rings. The third-order valence-corrected chi connectivity index (χ3v) is 3.22. The van der Waals surface area contributed by atoms with Gasteiger partial charge in [0.2, 0.25) is 6.79 Å². The molecule has 1 heterocycles. The molecule has 0 saturated heterocycles. The van der Waals surface area contributed by atoms with Crippen LogP contribution in [0.4, 0.5) is 5.69 Å². The SMILES string of the molecule is N#Cc1cccc(NC(=O)c2cc(Cl)c3c(c2)OCO3)c1. The lowest BCUT2D eigenvalue weighted by Crippen LogP contribution is -2.12. The van der Waals surface area contributed by atoms with Crippen LogP contribution in [0.15, 0.2) is 36.4 Å². The van der Waals surface area contributed by atoms with Crippen molar-refractivity contribution in [2.24, 2.45) is 0 Å². The number of carbonyl (C=O) groups excluding carboxylic acids is 1. The zero-order chi connectivity index (χ0) is 14.8. The molecule has 1 aliphatic rings. The number of halogens is 1. The number of carbonyl (C=O) groups is 1. The number of hydrogen-bond donors (Lipinski definition) is 1. The molecule has 0 atom stereocenters. The van der Waals surface area contributed by atoms with E-state index < -0.39 is 0 Å². The van der Waals surface area contributed by atoms with Gasteiger partial charge in [0.1, 0.15) is 0 Å². The summed E-state index contributed by atoms with van der Waals surface area (Å²) >= 11 is 6.04. The molecule has 6 heteroatoms. The van der Waals surface area contributed by atoms with Crippen molar-refractivity contribution in [1.29, 1.82) is 5.26 Å². The summed E-state index contributed by atoms with van der Waals surface area (Å²) in [7, 11) is 0. The zero-order valence-corrected chi connectivity index (χ0v) is 11.5. The minimum atomic E-state index is -0.342. The monoisotopic (exact) mass is 300 g/mol. The maximum absolute atomic E-state index is 12.2. The van der Waals surface area contributed by atoms with E-state index in [1.165, 1.54) is 6.07 Å². The fraction of sp³-hybridized carbons (Fsp3) is 0.0667. The summed E-state index contributed by atoms with van der Waals surface area (Å²) in [6.07, 6.45) is 0. The Kier molecular flexibility index (Phi) is 3.38. The molecule has 0 radical (unpaired) electrons. The summed E-state index contributed by atoms with van der Waals surface area (Å²) in [6.45, 7) is 0.0876. The van der Waals surface area contributed by atoms with Crippen LogP contribution in [0.5, 0.6) is 11.5 Å². The second kappa shape index (κ2) is 5.35. The predicted octanol–water partition coefficient (Wildman–Crippen LogP) is 3.19. The number of amides is 1. The molecule has 1 amide bonds.